The first-order chi connectivity index (χ1) is 8.36. The largest absolute Gasteiger partial charge is 0.478 e. The third kappa shape index (κ3) is 6.09. The second kappa shape index (κ2) is 8.78. The molecule has 0 saturated carbocycles. The van der Waals surface area contributed by atoms with Crippen molar-refractivity contribution in [1.82, 2.24) is 4.98 Å². The van der Waals surface area contributed by atoms with Crippen LogP contribution >= 0.6 is 0 Å². The molecule has 1 aromatic rings. The van der Waals surface area contributed by atoms with E-state index >= 15 is 0 Å². The van der Waals surface area contributed by atoms with Crippen molar-refractivity contribution < 1.29 is 14.2 Å². The summed E-state index contributed by atoms with van der Waals surface area (Å²) in [7, 11) is 1.66. The molecule has 0 fully saturated rings. The number of anilines is 1. The fourth-order valence-electron chi connectivity index (χ4n) is 1.24. The number of hydrogen-bond donors (Lipinski definition) is 1. The summed E-state index contributed by atoms with van der Waals surface area (Å²) in [6.45, 7) is 5.14. The van der Waals surface area contributed by atoms with Gasteiger partial charge in [-0.15, -0.1) is 0 Å². The predicted octanol–water partition coefficient (Wildman–Crippen LogP) is 1.56. The van der Waals surface area contributed by atoms with E-state index in [0.29, 0.717) is 38.9 Å². The molecule has 0 aliphatic carbocycles. The maximum absolute atomic E-state index is 5.33. The summed E-state index contributed by atoms with van der Waals surface area (Å²) in [6, 6.07) is 5.65. The van der Waals surface area contributed by atoms with Crippen molar-refractivity contribution in [2.24, 2.45) is 0 Å². The highest BCUT2D eigenvalue weighted by molar-refractivity contribution is 5.36. The molecule has 0 saturated heterocycles. The standard InChI is InChI=1S/C12H20N2O3/c1-3-17-12-6-4-5-11(14-12)13-7-8-16-10-9-15-2/h4-6H,3,7-10H2,1-2H3,(H,13,14). The van der Waals surface area contributed by atoms with E-state index in [1.807, 2.05) is 25.1 Å². The summed E-state index contributed by atoms with van der Waals surface area (Å²) < 4.78 is 15.5. The molecule has 17 heavy (non-hydrogen) atoms. The molecule has 0 radical (unpaired) electrons. The third-order valence-corrected chi connectivity index (χ3v) is 2.00. The minimum atomic E-state index is 0.616. The number of methoxy groups -OCH3 is 1. The van der Waals surface area contributed by atoms with Gasteiger partial charge in [0.05, 0.1) is 26.4 Å². The molecule has 0 amide bonds. The van der Waals surface area contributed by atoms with E-state index in [1.165, 1.54) is 0 Å². The Labute approximate surface area is 102 Å². The zero-order chi connectivity index (χ0) is 12.3. The average molecular weight is 240 g/mol. The van der Waals surface area contributed by atoms with Crippen LogP contribution in [0.3, 0.4) is 0 Å². The minimum Gasteiger partial charge on any atom is -0.478 e. The smallest absolute Gasteiger partial charge is 0.215 e. The van der Waals surface area contributed by atoms with Crippen molar-refractivity contribution in [3.8, 4) is 5.88 Å². The summed E-state index contributed by atoms with van der Waals surface area (Å²) in [5.41, 5.74) is 0. The topological polar surface area (TPSA) is 52.6 Å². The van der Waals surface area contributed by atoms with Gasteiger partial charge in [0.1, 0.15) is 5.82 Å². The first kappa shape index (κ1) is 13.7. The lowest BCUT2D eigenvalue weighted by Crippen LogP contribution is -2.12. The molecule has 0 aliphatic rings. The van der Waals surface area contributed by atoms with E-state index in [0.717, 1.165) is 5.82 Å². The van der Waals surface area contributed by atoms with Crippen molar-refractivity contribution in [3.63, 3.8) is 0 Å². The quantitative estimate of drug-likeness (QED) is 0.664. The first-order valence-electron chi connectivity index (χ1n) is 5.77. The average Bonchev–Trinajstić information content (AvgIpc) is 2.35. The Morgan fingerprint density at radius 2 is 2.12 bits per heavy atom. The number of hydrogen-bond acceptors (Lipinski definition) is 5. The molecular weight excluding hydrogens is 220 g/mol. The van der Waals surface area contributed by atoms with Gasteiger partial charge in [-0.3, -0.25) is 0 Å². The van der Waals surface area contributed by atoms with Crippen molar-refractivity contribution in [2.45, 2.75) is 6.92 Å². The lowest BCUT2D eigenvalue weighted by atomic mass is 10.4. The zero-order valence-corrected chi connectivity index (χ0v) is 10.4. The number of aromatic nitrogens is 1. The Bertz CT molecular complexity index is 308. The molecule has 5 nitrogen and oxygen atoms in total. The van der Waals surface area contributed by atoms with Crippen LogP contribution < -0.4 is 10.1 Å². The normalized spacial score (nSPS) is 10.2. The summed E-state index contributed by atoms with van der Waals surface area (Å²) >= 11 is 0. The molecule has 0 bridgehead atoms. The van der Waals surface area contributed by atoms with Crippen LogP contribution in [-0.4, -0.2) is 45.1 Å². The Hall–Kier alpha value is -1.33. The van der Waals surface area contributed by atoms with Gasteiger partial charge in [-0.1, -0.05) is 6.07 Å². The second-order valence-electron chi connectivity index (χ2n) is 3.33. The summed E-state index contributed by atoms with van der Waals surface area (Å²) in [6.07, 6.45) is 0. The van der Waals surface area contributed by atoms with Gasteiger partial charge < -0.3 is 19.5 Å². The van der Waals surface area contributed by atoms with E-state index in [2.05, 4.69) is 10.3 Å². The number of ether oxygens (including phenoxy) is 3. The molecule has 1 heterocycles. The molecule has 1 rings (SSSR count). The minimum absolute atomic E-state index is 0.616. The molecule has 96 valence electrons. The lowest BCUT2D eigenvalue weighted by Gasteiger charge is -2.08. The first-order valence-corrected chi connectivity index (χ1v) is 5.77. The predicted molar refractivity (Wildman–Crippen MR) is 66.6 cm³/mol. The highest BCUT2D eigenvalue weighted by atomic mass is 16.5. The van der Waals surface area contributed by atoms with Crippen LogP contribution in [-0.2, 0) is 9.47 Å². The fraction of sp³-hybridized carbons (Fsp3) is 0.583. The molecule has 0 unspecified atom stereocenters. The van der Waals surface area contributed by atoms with E-state index in [9.17, 15) is 0 Å². The van der Waals surface area contributed by atoms with Gasteiger partial charge in [-0.25, -0.2) is 0 Å². The van der Waals surface area contributed by atoms with E-state index in [1.54, 1.807) is 7.11 Å². The van der Waals surface area contributed by atoms with Crippen LogP contribution in [0.25, 0.3) is 0 Å². The van der Waals surface area contributed by atoms with Gasteiger partial charge >= 0.3 is 0 Å². The van der Waals surface area contributed by atoms with E-state index < -0.39 is 0 Å². The van der Waals surface area contributed by atoms with Crippen molar-refractivity contribution in [3.05, 3.63) is 18.2 Å². The molecule has 0 atom stereocenters. The summed E-state index contributed by atoms with van der Waals surface area (Å²) in [5.74, 6) is 1.43. The van der Waals surface area contributed by atoms with Crippen LogP contribution in [0.5, 0.6) is 5.88 Å². The Morgan fingerprint density at radius 1 is 1.24 bits per heavy atom. The van der Waals surface area contributed by atoms with Gasteiger partial charge in [0.25, 0.3) is 0 Å². The maximum Gasteiger partial charge on any atom is 0.215 e. The van der Waals surface area contributed by atoms with E-state index in [-0.39, 0.29) is 0 Å². The number of nitrogens with zero attached hydrogens (tertiary/aromatic N) is 1. The number of pyridine rings is 1. The van der Waals surface area contributed by atoms with Gasteiger partial charge in [0.2, 0.25) is 5.88 Å². The van der Waals surface area contributed by atoms with Crippen molar-refractivity contribution in [1.29, 1.82) is 0 Å². The fourth-order valence-corrected chi connectivity index (χ4v) is 1.24. The van der Waals surface area contributed by atoms with Crippen LogP contribution in [0, 0.1) is 0 Å². The Morgan fingerprint density at radius 3 is 2.88 bits per heavy atom. The molecule has 0 spiro atoms. The van der Waals surface area contributed by atoms with Crippen LogP contribution in [0.4, 0.5) is 5.82 Å². The molecule has 1 N–H and O–H groups in total. The highest BCUT2D eigenvalue weighted by Crippen LogP contribution is 2.10. The van der Waals surface area contributed by atoms with Crippen LogP contribution in [0.1, 0.15) is 6.92 Å². The van der Waals surface area contributed by atoms with Gasteiger partial charge in [0, 0.05) is 19.7 Å². The Kier molecular flexibility index (Phi) is 7.09. The Balaban J connectivity index is 2.19. The SMILES string of the molecule is CCOc1cccc(NCCOCCOC)n1. The van der Waals surface area contributed by atoms with Crippen LogP contribution in [0.15, 0.2) is 18.2 Å². The second-order valence-corrected chi connectivity index (χ2v) is 3.33. The summed E-state index contributed by atoms with van der Waals surface area (Å²) in [4.78, 5) is 4.28. The van der Waals surface area contributed by atoms with E-state index in [4.69, 9.17) is 14.2 Å². The van der Waals surface area contributed by atoms with Crippen molar-refractivity contribution in [2.75, 3.05) is 45.4 Å². The highest BCUT2D eigenvalue weighted by Gasteiger charge is 1.97. The molecule has 1 aromatic heterocycles. The third-order valence-electron chi connectivity index (χ3n) is 2.00. The van der Waals surface area contributed by atoms with Crippen LogP contribution in [0.2, 0.25) is 0 Å². The lowest BCUT2D eigenvalue weighted by molar-refractivity contribution is 0.0759. The molecule has 0 aliphatic heterocycles. The summed E-state index contributed by atoms with van der Waals surface area (Å²) in [5, 5.41) is 3.16. The zero-order valence-electron chi connectivity index (χ0n) is 10.4. The van der Waals surface area contributed by atoms with Crippen molar-refractivity contribution >= 4 is 5.82 Å². The monoisotopic (exact) mass is 240 g/mol. The van der Waals surface area contributed by atoms with Gasteiger partial charge in [0.15, 0.2) is 0 Å². The molecular formula is C12H20N2O3. The molecule has 0 aromatic carbocycles. The molecule has 5 heteroatoms. The number of nitrogens with one attached hydrogen (secondary N) is 1. The number of rotatable bonds is 9. The van der Waals surface area contributed by atoms with Gasteiger partial charge in [-0.05, 0) is 13.0 Å². The van der Waals surface area contributed by atoms with Gasteiger partial charge in [-0.2, -0.15) is 4.98 Å². The maximum atomic E-state index is 5.33.